The molecule has 96 valence electrons. The van der Waals surface area contributed by atoms with E-state index in [2.05, 4.69) is 4.74 Å². The number of rotatable bonds is 3. The number of nitrogens with two attached hydrogens (primary N) is 1. The van der Waals surface area contributed by atoms with Crippen LogP contribution in [0.5, 0.6) is 5.75 Å². The average molecular weight is 253 g/mol. The maximum Gasteiger partial charge on any atom is 0.573 e. The van der Waals surface area contributed by atoms with Gasteiger partial charge in [0.05, 0.1) is 6.10 Å². The standard InChI is InChI=1S/C10H11F4NO2/c1-5(15)9(16)7-3-2-6(4-8(7)11)17-10(12,13)14/h2-5,9,16H,15H2,1H3/t5-,9-/m1/s1. The Hall–Kier alpha value is -1.34. The number of alkyl halides is 3. The molecule has 3 N–H and O–H groups in total. The van der Waals surface area contributed by atoms with Gasteiger partial charge in [-0.25, -0.2) is 4.39 Å². The lowest BCUT2D eigenvalue weighted by atomic mass is 10.0. The summed E-state index contributed by atoms with van der Waals surface area (Å²) in [7, 11) is 0. The molecule has 0 amide bonds. The van der Waals surface area contributed by atoms with Crippen molar-refractivity contribution in [2.75, 3.05) is 0 Å². The molecule has 0 aliphatic rings. The molecule has 0 spiro atoms. The topological polar surface area (TPSA) is 55.5 Å². The molecule has 0 saturated heterocycles. The molecule has 1 aromatic rings. The van der Waals surface area contributed by atoms with Crippen molar-refractivity contribution in [2.45, 2.75) is 25.4 Å². The molecular weight excluding hydrogens is 242 g/mol. The number of aliphatic hydroxyl groups is 1. The Morgan fingerprint density at radius 2 is 1.94 bits per heavy atom. The Morgan fingerprint density at radius 1 is 1.35 bits per heavy atom. The highest BCUT2D eigenvalue weighted by molar-refractivity contribution is 5.30. The first-order chi connectivity index (χ1) is 7.70. The molecule has 2 atom stereocenters. The van der Waals surface area contributed by atoms with E-state index >= 15 is 0 Å². The predicted octanol–water partition coefficient (Wildman–Crippen LogP) is 2.10. The Balaban J connectivity index is 2.94. The molecule has 0 radical (unpaired) electrons. The van der Waals surface area contributed by atoms with E-state index in [4.69, 9.17) is 5.73 Å². The van der Waals surface area contributed by atoms with Crippen LogP contribution in [0.25, 0.3) is 0 Å². The summed E-state index contributed by atoms with van der Waals surface area (Å²) < 4.78 is 52.4. The van der Waals surface area contributed by atoms with Crippen molar-refractivity contribution in [2.24, 2.45) is 5.73 Å². The van der Waals surface area contributed by atoms with Crippen LogP contribution >= 0.6 is 0 Å². The molecule has 0 unspecified atom stereocenters. The Morgan fingerprint density at radius 3 is 2.35 bits per heavy atom. The SMILES string of the molecule is C[C@@H](N)[C@@H](O)c1ccc(OC(F)(F)F)cc1F. The summed E-state index contributed by atoms with van der Waals surface area (Å²) in [5, 5.41) is 9.47. The summed E-state index contributed by atoms with van der Waals surface area (Å²) in [6.45, 7) is 1.45. The van der Waals surface area contributed by atoms with Gasteiger partial charge in [-0.3, -0.25) is 0 Å². The van der Waals surface area contributed by atoms with Crippen LogP contribution in [0, 0.1) is 5.82 Å². The average Bonchev–Trinajstić information content (AvgIpc) is 2.14. The van der Waals surface area contributed by atoms with E-state index in [0.717, 1.165) is 12.1 Å². The van der Waals surface area contributed by atoms with Crippen LogP contribution < -0.4 is 10.5 Å². The number of hydrogen-bond acceptors (Lipinski definition) is 3. The molecule has 7 heteroatoms. The summed E-state index contributed by atoms with van der Waals surface area (Å²) >= 11 is 0. The van der Waals surface area contributed by atoms with Gasteiger partial charge in [0.1, 0.15) is 11.6 Å². The smallest absolute Gasteiger partial charge is 0.406 e. The second-order valence-electron chi connectivity index (χ2n) is 3.54. The van der Waals surface area contributed by atoms with Crippen molar-refractivity contribution in [3.63, 3.8) is 0 Å². The number of aliphatic hydroxyl groups excluding tert-OH is 1. The van der Waals surface area contributed by atoms with Gasteiger partial charge in [0.25, 0.3) is 0 Å². The fraction of sp³-hybridized carbons (Fsp3) is 0.400. The van der Waals surface area contributed by atoms with Crippen LogP contribution in [0.15, 0.2) is 18.2 Å². The molecular formula is C10H11F4NO2. The Labute approximate surface area is 94.8 Å². The van der Waals surface area contributed by atoms with E-state index in [1.807, 2.05) is 0 Å². The van der Waals surface area contributed by atoms with Crippen molar-refractivity contribution in [1.82, 2.24) is 0 Å². The monoisotopic (exact) mass is 253 g/mol. The normalized spacial score (nSPS) is 15.5. The highest BCUT2D eigenvalue weighted by Crippen LogP contribution is 2.27. The summed E-state index contributed by atoms with van der Waals surface area (Å²) in [4.78, 5) is 0. The van der Waals surface area contributed by atoms with Gasteiger partial charge in [0, 0.05) is 17.7 Å². The minimum Gasteiger partial charge on any atom is -0.406 e. The van der Waals surface area contributed by atoms with E-state index in [1.54, 1.807) is 0 Å². The minimum absolute atomic E-state index is 0.172. The van der Waals surface area contributed by atoms with Crippen LogP contribution in [0.3, 0.4) is 0 Å². The van der Waals surface area contributed by atoms with Crippen LogP contribution in [-0.4, -0.2) is 17.5 Å². The highest BCUT2D eigenvalue weighted by atomic mass is 19.4. The maximum absolute atomic E-state index is 13.4. The lowest BCUT2D eigenvalue weighted by Crippen LogP contribution is -2.25. The van der Waals surface area contributed by atoms with E-state index in [1.165, 1.54) is 6.92 Å². The predicted molar refractivity (Wildman–Crippen MR) is 51.7 cm³/mol. The minimum atomic E-state index is -4.88. The van der Waals surface area contributed by atoms with E-state index in [-0.39, 0.29) is 5.56 Å². The molecule has 0 aromatic heterocycles. The van der Waals surface area contributed by atoms with Gasteiger partial charge < -0.3 is 15.6 Å². The first-order valence-electron chi connectivity index (χ1n) is 4.69. The second-order valence-corrected chi connectivity index (χ2v) is 3.54. The number of ether oxygens (including phenoxy) is 1. The summed E-state index contributed by atoms with van der Waals surface area (Å²) in [5.74, 6) is -1.69. The Kier molecular flexibility index (Phi) is 3.94. The van der Waals surface area contributed by atoms with Gasteiger partial charge in [0.2, 0.25) is 0 Å². The largest absolute Gasteiger partial charge is 0.573 e. The van der Waals surface area contributed by atoms with Gasteiger partial charge in [0.15, 0.2) is 0 Å². The lowest BCUT2D eigenvalue weighted by molar-refractivity contribution is -0.274. The molecule has 0 fully saturated rings. The third-order valence-corrected chi connectivity index (χ3v) is 2.02. The number of hydrogen-bond donors (Lipinski definition) is 2. The van der Waals surface area contributed by atoms with Gasteiger partial charge in [-0.05, 0) is 19.1 Å². The summed E-state index contributed by atoms with van der Waals surface area (Å²) in [6.07, 6.45) is -6.16. The summed E-state index contributed by atoms with van der Waals surface area (Å²) in [5.41, 5.74) is 5.18. The van der Waals surface area contributed by atoms with Crippen LogP contribution in [0.1, 0.15) is 18.6 Å². The zero-order chi connectivity index (χ0) is 13.2. The molecule has 1 rings (SSSR count). The van der Waals surface area contributed by atoms with Crippen LogP contribution in [0.4, 0.5) is 17.6 Å². The third-order valence-electron chi connectivity index (χ3n) is 2.02. The second kappa shape index (κ2) is 4.89. The van der Waals surface area contributed by atoms with Crippen molar-refractivity contribution in [3.8, 4) is 5.75 Å². The zero-order valence-electron chi connectivity index (χ0n) is 8.83. The third kappa shape index (κ3) is 3.86. The maximum atomic E-state index is 13.4. The molecule has 3 nitrogen and oxygen atoms in total. The lowest BCUT2D eigenvalue weighted by Gasteiger charge is -2.16. The fourth-order valence-corrected chi connectivity index (χ4v) is 1.23. The van der Waals surface area contributed by atoms with Crippen molar-refractivity contribution in [1.29, 1.82) is 0 Å². The first-order valence-corrected chi connectivity index (χ1v) is 4.69. The quantitative estimate of drug-likeness (QED) is 0.811. The van der Waals surface area contributed by atoms with Gasteiger partial charge in [-0.15, -0.1) is 13.2 Å². The van der Waals surface area contributed by atoms with E-state index < -0.39 is 30.1 Å². The molecule has 0 saturated carbocycles. The molecule has 0 aliphatic carbocycles. The fourth-order valence-electron chi connectivity index (χ4n) is 1.23. The van der Waals surface area contributed by atoms with Gasteiger partial charge in [-0.2, -0.15) is 0 Å². The van der Waals surface area contributed by atoms with Crippen molar-refractivity contribution in [3.05, 3.63) is 29.6 Å². The molecule has 0 bridgehead atoms. The Bertz CT molecular complexity index is 392. The number of benzene rings is 1. The van der Waals surface area contributed by atoms with Crippen molar-refractivity contribution < 1.29 is 27.4 Å². The van der Waals surface area contributed by atoms with Gasteiger partial charge in [-0.1, -0.05) is 0 Å². The first kappa shape index (κ1) is 13.7. The van der Waals surface area contributed by atoms with E-state index in [9.17, 15) is 22.7 Å². The molecule has 0 heterocycles. The van der Waals surface area contributed by atoms with Crippen molar-refractivity contribution >= 4 is 0 Å². The summed E-state index contributed by atoms with van der Waals surface area (Å²) in [6, 6.07) is 1.73. The molecule has 17 heavy (non-hydrogen) atoms. The number of halogens is 4. The molecule has 1 aromatic carbocycles. The van der Waals surface area contributed by atoms with Crippen LogP contribution in [-0.2, 0) is 0 Å². The van der Waals surface area contributed by atoms with Crippen LogP contribution in [0.2, 0.25) is 0 Å². The molecule has 0 aliphatic heterocycles. The highest BCUT2D eigenvalue weighted by Gasteiger charge is 2.31. The zero-order valence-corrected chi connectivity index (χ0v) is 8.83. The van der Waals surface area contributed by atoms with Gasteiger partial charge >= 0.3 is 6.36 Å². The van der Waals surface area contributed by atoms with E-state index in [0.29, 0.717) is 6.07 Å².